The number of amides is 1. The zero-order chi connectivity index (χ0) is 21.6. The lowest BCUT2D eigenvalue weighted by Gasteiger charge is -2.29. The van der Waals surface area contributed by atoms with E-state index in [9.17, 15) is 13.2 Å². The topological polar surface area (TPSA) is 84.9 Å². The molecule has 0 radical (unpaired) electrons. The summed E-state index contributed by atoms with van der Waals surface area (Å²) in [5, 5.41) is 3.13. The van der Waals surface area contributed by atoms with E-state index in [2.05, 4.69) is 5.32 Å². The van der Waals surface area contributed by atoms with Gasteiger partial charge in [0.1, 0.15) is 24.1 Å². The number of anilines is 1. The normalized spacial score (nSPS) is 12.2. The van der Waals surface area contributed by atoms with Crippen LogP contribution in [-0.2, 0) is 14.8 Å². The van der Waals surface area contributed by atoms with Crippen molar-refractivity contribution in [3.63, 3.8) is 0 Å². The molecule has 0 heterocycles. The second-order valence-electron chi connectivity index (χ2n) is 6.15. The van der Waals surface area contributed by atoms with Gasteiger partial charge in [-0.25, -0.2) is 8.42 Å². The fourth-order valence-electron chi connectivity index (χ4n) is 2.62. The van der Waals surface area contributed by atoms with Crippen LogP contribution in [0.2, 0.25) is 10.0 Å². The van der Waals surface area contributed by atoms with E-state index >= 15 is 0 Å². The third-order valence-corrected chi connectivity index (χ3v) is 5.73. The van der Waals surface area contributed by atoms with Gasteiger partial charge in [0.25, 0.3) is 0 Å². The second-order valence-corrected chi connectivity index (χ2v) is 8.85. The molecule has 1 N–H and O–H groups in total. The molecular weight excluding hydrogens is 439 g/mol. The van der Waals surface area contributed by atoms with Gasteiger partial charge >= 0.3 is 0 Å². The van der Waals surface area contributed by atoms with E-state index in [1.807, 2.05) is 0 Å². The van der Waals surface area contributed by atoms with Gasteiger partial charge < -0.3 is 14.8 Å². The summed E-state index contributed by atoms with van der Waals surface area (Å²) in [5.41, 5.74) is 0.136. The van der Waals surface area contributed by atoms with Crippen LogP contribution in [0.15, 0.2) is 42.5 Å². The van der Waals surface area contributed by atoms with Crippen molar-refractivity contribution in [2.45, 2.75) is 13.0 Å². The molecular formula is C19H22Cl2N2O5S. The lowest BCUT2D eigenvalue weighted by atomic mass is 10.2. The zero-order valence-corrected chi connectivity index (χ0v) is 18.5. The third kappa shape index (κ3) is 6.42. The standard InChI is InChI=1S/C19H22Cl2N2O5S/c1-13(23(29(3,25)26)18-11-14(20)7-8-17(18)21)19(24)22-9-10-28-16-6-4-5-15(12-16)27-2/h4-8,11-13H,9-10H2,1-3H3,(H,22,24)/t13-/m0/s1. The van der Waals surface area contributed by atoms with E-state index < -0.39 is 22.0 Å². The summed E-state index contributed by atoms with van der Waals surface area (Å²) in [7, 11) is -2.24. The predicted octanol–water partition coefficient (Wildman–Crippen LogP) is 3.35. The van der Waals surface area contributed by atoms with Crippen molar-refractivity contribution in [2.75, 3.05) is 30.8 Å². The molecule has 158 valence electrons. The summed E-state index contributed by atoms with van der Waals surface area (Å²) in [4.78, 5) is 12.5. The Labute approximate surface area is 180 Å². The van der Waals surface area contributed by atoms with E-state index in [0.29, 0.717) is 16.5 Å². The number of halogens is 2. The highest BCUT2D eigenvalue weighted by molar-refractivity contribution is 7.92. The van der Waals surface area contributed by atoms with Crippen LogP contribution in [0.3, 0.4) is 0 Å². The van der Waals surface area contributed by atoms with Crippen molar-refractivity contribution in [2.24, 2.45) is 0 Å². The van der Waals surface area contributed by atoms with Crippen molar-refractivity contribution in [1.82, 2.24) is 5.32 Å². The van der Waals surface area contributed by atoms with Crippen molar-refractivity contribution < 1.29 is 22.7 Å². The van der Waals surface area contributed by atoms with Crippen molar-refractivity contribution in [3.8, 4) is 11.5 Å². The minimum Gasteiger partial charge on any atom is -0.497 e. The maximum atomic E-state index is 12.5. The van der Waals surface area contributed by atoms with Crippen molar-refractivity contribution in [3.05, 3.63) is 52.5 Å². The molecule has 0 aliphatic heterocycles. The van der Waals surface area contributed by atoms with Gasteiger partial charge in [0.05, 0.1) is 30.6 Å². The molecule has 0 spiro atoms. The highest BCUT2D eigenvalue weighted by atomic mass is 35.5. The number of ether oxygens (including phenoxy) is 2. The Morgan fingerprint density at radius 1 is 1.17 bits per heavy atom. The van der Waals surface area contributed by atoms with Gasteiger partial charge in [-0.05, 0) is 37.3 Å². The van der Waals surface area contributed by atoms with Crippen LogP contribution in [-0.4, -0.2) is 46.9 Å². The summed E-state index contributed by atoms with van der Waals surface area (Å²) >= 11 is 12.1. The number of hydrogen-bond acceptors (Lipinski definition) is 5. The highest BCUT2D eigenvalue weighted by Gasteiger charge is 2.30. The molecule has 2 rings (SSSR count). The number of benzene rings is 2. The van der Waals surface area contributed by atoms with E-state index in [1.54, 1.807) is 31.4 Å². The minimum absolute atomic E-state index is 0.136. The summed E-state index contributed by atoms with van der Waals surface area (Å²) < 4.78 is 36.3. The lowest BCUT2D eigenvalue weighted by Crippen LogP contribution is -2.48. The van der Waals surface area contributed by atoms with Crippen LogP contribution in [0.1, 0.15) is 6.92 Å². The molecule has 0 aliphatic rings. The monoisotopic (exact) mass is 460 g/mol. The summed E-state index contributed by atoms with van der Waals surface area (Å²) in [6.45, 7) is 1.85. The minimum atomic E-state index is -3.80. The van der Waals surface area contributed by atoms with Gasteiger partial charge in [0.2, 0.25) is 15.9 Å². The van der Waals surface area contributed by atoms with E-state index in [4.69, 9.17) is 32.7 Å². The summed E-state index contributed by atoms with van der Waals surface area (Å²) in [5.74, 6) is 0.748. The summed E-state index contributed by atoms with van der Waals surface area (Å²) in [6, 6.07) is 10.4. The Morgan fingerprint density at radius 3 is 2.52 bits per heavy atom. The van der Waals surface area contributed by atoms with E-state index in [1.165, 1.54) is 25.1 Å². The van der Waals surface area contributed by atoms with E-state index in [0.717, 1.165) is 10.6 Å². The molecule has 7 nitrogen and oxygen atoms in total. The van der Waals surface area contributed by atoms with Gasteiger partial charge in [-0.1, -0.05) is 29.3 Å². The first-order valence-corrected chi connectivity index (χ1v) is 11.2. The SMILES string of the molecule is COc1cccc(OCCNC(=O)[C@H](C)N(c2cc(Cl)ccc2Cl)S(C)(=O)=O)c1. The molecule has 0 saturated heterocycles. The number of methoxy groups -OCH3 is 1. The lowest BCUT2D eigenvalue weighted by molar-refractivity contribution is -0.121. The first-order valence-electron chi connectivity index (χ1n) is 8.62. The Morgan fingerprint density at radius 2 is 1.86 bits per heavy atom. The van der Waals surface area contributed by atoms with Crippen LogP contribution < -0.4 is 19.1 Å². The zero-order valence-electron chi connectivity index (χ0n) is 16.2. The first kappa shape index (κ1) is 23.1. The average Bonchev–Trinajstić information content (AvgIpc) is 2.67. The smallest absolute Gasteiger partial charge is 0.243 e. The number of hydrogen-bond donors (Lipinski definition) is 1. The van der Waals surface area contributed by atoms with Crippen LogP contribution in [0.25, 0.3) is 0 Å². The van der Waals surface area contributed by atoms with Crippen LogP contribution in [0.4, 0.5) is 5.69 Å². The maximum absolute atomic E-state index is 12.5. The molecule has 0 saturated carbocycles. The van der Waals surface area contributed by atoms with Gasteiger partial charge in [0.15, 0.2) is 0 Å². The first-order chi connectivity index (χ1) is 13.6. The Kier molecular flexibility index (Phi) is 8.01. The molecule has 1 atom stereocenters. The van der Waals surface area contributed by atoms with Crippen molar-refractivity contribution >= 4 is 44.8 Å². The molecule has 0 unspecified atom stereocenters. The molecule has 0 aliphatic carbocycles. The third-order valence-electron chi connectivity index (χ3n) is 3.95. The molecule has 0 bridgehead atoms. The Hall–Kier alpha value is -2.16. The predicted molar refractivity (Wildman–Crippen MR) is 115 cm³/mol. The number of carbonyl (C=O) groups excluding carboxylic acids is 1. The quantitative estimate of drug-likeness (QED) is 0.579. The van der Waals surface area contributed by atoms with Crippen LogP contribution in [0.5, 0.6) is 11.5 Å². The fraction of sp³-hybridized carbons (Fsp3) is 0.316. The molecule has 2 aromatic rings. The van der Waals surface area contributed by atoms with E-state index in [-0.39, 0.29) is 23.9 Å². The number of sulfonamides is 1. The van der Waals surface area contributed by atoms with Crippen molar-refractivity contribution in [1.29, 1.82) is 0 Å². The molecule has 29 heavy (non-hydrogen) atoms. The molecule has 0 aromatic heterocycles. The Balaban J connectivity index is 2.03. The fourth-order valence-corrected chi connectivity index (χ4v) is 4.22. The molecule has 0 fully saturated rings. The van der Waals surface area contributed by atoms with Crippen LogP contribution in [0, 0.1) is 0 Å². The van der Waals surface area contributed by atoms with Crippen LogP contribution >= 0.6 is 23.2 Å². The second kappa shape index (κ2) is 10.0. The number of rotatable bonds is 9. The number of nitrogens with zero attached hydrogens (tertiary/aromatic N) is 1. The number of carbonyl (C=O) groups is 1. The largest absolute Gasteiger partial charge is 0.497 e. The highest BCUT2D eigenvalue weighted by Crippen LogP contribution is 2.32. The van der Waals surface area contributed by atoms with Gasteiger partial charge in [0, 0.05) is 11.1 Å². The maximum Gasteiger partial charge on any atom is 0.243 e. The Bertz CT molecular complexity index is 969. The molecule has 10 heteroatoms. The van der Waals surface area contributed by atoms with Gasteiger partial charge in [-0.15, -0.1) is 0 Å². The number of nitrogens with one attached hydrogen (secondary N) is 1. The summed E-state index contributed by atoms with van der Waals surface area (Å²) in [6.07, 6.45) is 1.000. The van der Waals surface area contributed by atoms with Gasteiger partial charge in [-0.3, -0.25) is 9.10 Å². The molecule has 2 aromatic carbocycles. The van der Waals surface area contributed by atoms with Gasteiger partial charge in [-0.2, -0.15) is 0 Å². The average molecular weight is 461 g/mol. The molecule has 1 amide bonds.